The van der Waals surface area contributed by atoms with Gasteiger partial charge in [0.1, 0.15) is 0 Å². The molecule has 3 saturated heterocycles. The average Bonchev–Trinajstić information content (AvgIpc) is 3.20. The van der Waals surface area contributed by atoms with Gasteiger partial charge in [0, 0.05) is 43.5 Å². The molecule has 1 amide bonds. The molecule has 1 N–H and O–H groups in total. The molecule has 4 aliphatic rings. The van der Waals surface area contributed by atoms with Crippen LogP contribution in [0.25, 0.3) is 0 Å². The zero-order valence-electron chi connectivity index (χ0n) is 16.1. The third kappa shape index (κ3) is 3.18. The van der Waals surface area contributed by atoms with Gasteiger partial charge in [-0.3, -0.25) is 9.69 Å². The number of H-pyrrole nitrogens is 1. The van der Waals surface area contributed by atoms with Crippen molar-refractivity contribution in [1.29, 1.82) is 0 Å². The highest BCUT2D eigenvalue weighted by Crippen LogP contribution is 2.31. The Morgan fingerprint density at radius 3 is 2.93 bits per heavy atom. The van der Waals surface area contributed by atoms with E-state index >= 15 is 0 Å². The number of amides is 1. The molecule has 2 atom stereocenters. The summed E-state index contributed by atoms with van der Waals surface area (Å²) in [4.78, 5) is 25.6. The molecule has 0 radical (unpaired) electrons. The number of rotatable bonds is 3. The van der Waals surface area contributed by atoms with Gasteiger partial charge >= 0.3 is 0 Å². The van der Waals surface area contributed by atoms with Crippen LogP contribution in [0.4, 0.5) is 0 Å². The largest absolute Gasteiger partial charge is 0.348 e. The summed E-state index contributed by atoms with van der Waals surface area (Å²) in [6.07, 6.45) is 7.65. The maximum atomic E-state index is 13.3. The zero-order valence-corrected chi connectivity index (χ0v) is 16.1. The van der Waals surface area contributed by atoms with E-state index in [0.717, 1.165) is 56.0 Å². The number of aromatic nitrogens is 2. The number of carbonyl (C=O) groups is 1. The van der Waals surface area contributed by atoms with Crippen molar-refractivity contribution in [2.24, 2.45) is 5.92 Å². The van der Waals surface area contributed by atoms with Crippen LogP contribution in [0, 0.1) is 12.8 Å². The molecule has 3 fully saturated rings. The Morgan fingerprint density at radius 2 is 2.07 bits per heavy atom. The van der Waals surface area contributed by atoms with Gasteiger partial charge in [0.2, 0.25) is 0 Å². The van der Waals surface area contributed by atoms with E-state index in [1.165, 1.54) is 30.4 Å². The van der Waals surface area contributed by atoms with E-state index in [1.54, 1.807) is 6.33 Å². The smallest absolute Gasteiger partial charge is 0.254 e. The van der Waals surface area contributed by atoms with E-state index in [-0.39, 0.29) is 5.91 Å². The Hall–Kier alpha value is -2.14. The first-order valence-electron chi connectivity index (χ1n) is 10.3. The quantitative estimate of drug-likeness (QED) is 0.911. The number of hydrogen-bond acceptors (Lipinski definition) is 3. The average molecular weight is 364 g/mol. The van der Waals surface area contributed by atoms with Crippen molar-refractivity contribution >= 4 is 5.91 Å². The topological polar surface area (TPSA) is 52.2 Å². The fraction of sp³-hybridized carbons (Fsp3) is 0.545. The second-order valence-electron chi connectivity index (χ2n) is 8.56. The first kappa shape index (κ1) is 17.0. The van der Waals surface area contributed by atoms with Crippen molar-refractivity contribution in [3.8, 4) is 0 Å². The van der Waals surface area contributed by atoms with Gasteiger partial charge in [0.25, 0.3) is 5.91 Å². The number of aryl methyl sites for hydroxylation is 3. The van der Waals surface area contributed by atoms with Gasteiger partial charge in [-0.25, -0.2) is 4.98 Å². The van der Waals surface area contributed by atoms with Crippen LogP contribution >= 0.6 is 0 Å². The van der Waals surface area contributed by atoms with Gasteiger partial charge in [-0.2, -0.15) is 0 Å². The molecule has 5 heteroatoms. The third-order valence-corrected chi connectivity index (χ3v) is 6.70. The lowest BCUT2D eigenvalue weighted by atomic mass is 9.94. The molecule has 2 bridgehead atoms. The first-order chi connectivity index (χ1) is 13.2. The fourth-order valence-electron chi connectivity index (χ4n) is 5.19. The monoisotopic (exact) mass is 364 g/mol. The van der Waals surface area contributed by atoms with Crippen LogP contribution in [0.1, 0.15) is 52.1 Å². The highest BCUT2D eigenvalue weighted by Gasteiger charge is 2.37. The van der Waals surface area contributed by atoms with E-state index < -0.39 is 0 Å². The lowest BCUT2D eigenvalue weighted by molar-refractivity contribution is 0.0584. The molecule has 1 aromatic carbocycles. The van der Waals surface area contributed by atoms with Crippen LogP contribution < -0.4 is 0 Å². The number of imidazole rings is 1. The molecule has 3 aliphatic heterocycles. The Labute approximate surface area is 160 Å². The summed E-state index contributed by atoms with van der Waals surface area (Å²) >= 11 is 0. The summed E-state index contributed by atoms with van der Waals surface area (Å²) in [7, 11) is 0. The van der Waals surface area contributed by atoms with E-state index in [2.05, 4.69) is 44.9 Å². The summed E-state index contributed by atoms with van der Waals surface area (Å²) < 4.78 is 0. The highest BCUT2D eigenvalue weighted by atomic mass is 16.2. The number of benzene rings is 1. The predicted molar refractivity (Wildman–Crippen MR) is 105 cm³/mol. The molecule has 1 aliphatic carbocycles. The van der Waals surface area contributed by atoms with Crippen molar-refractivity contribution in [3.05, 3.63) is 52.6 Å². The minimum Gasteiger partial charge on any atom is -0.348 e. The van der Waals surface area contributed by atoms with E-state index in [0.29, 0.717) is 12.0 Å². The van der Waals surface area contributed by atoms with E-state index in [1.807, 2.05) is 0 Å². The minimum atomic E-state index is 0.234. The number of hydrogen-bond donors (Lipinski definition) is 1. The van der Waals surface area contributed by atoms with Crippen LogP contribution in [0.15, 0.2) is 24.5 Å². The zero-order chi connectivity index (χ0) is 18.4. The lowest BCUT2D eigenvalue weighted by Crippen LogP contribution is -2.47. The number of fused-ring (bicyclic) bond motifs is 5. The van der Waals surface area contributed by atoms with Crippen LogP contribution in [-0.2, 0) is 19.4 Å². The van der Waals surface area contributed by atoms with Crippen LogP contribution in [0.2, 0.25) is 0 Å². The van der Waals surface area contributed by atoms with E-state index in [4.69, 9.17) is 0 Å². The summed E-state index contributed by atoms with van der Waals surface area (Å²) in [5, 5.41) is 0. The second kappa shape index (κ2) is 6.79. The maximum Gasteiger partial charge on any atom is 0.254 e. The Bertz CT molecular complexity index is 858. The Morgan fingerprint density at radius 1 is 1.19 bits per heavy atom. The SMILES string of the molecule is Cc1[nH]cnc1CN1C[C@@H]2CC[C@H](C1)N(C(=O)c1ccc3c(c1)CCC3)C2. The summed E-state index contributed by atoms with van der Waals surface area (Å²) in [6, 6.07) is 6.71. The normalized spacial score (nSPS) is 24.9. The van der Waals surface area contributed by atoms with Gasteiger partial charge in [-0.1, -0.05) is 6.07 Å². The van der Waals surface area contributed by atoms with Crippen molar-refractivity contribution in [1.82, 2.24) is 19.8 Å². The molecular weight excluding hydrogens is 336 g/mol. The highest BCUT2D eigenvalue weighted by molar-refractivity contribution is 5.95. The summed E-state index contributed by atoms with van der Waals surface area (Å²) in [6.45, 7) is 5.88. The number of piperidine rings is 1. The molecule has 0 unspecified atom stereocenters. The summed E-state index contributed by atoms with van der Waals surface area (Å²) in [5.74, 6) is 0.804. The first-order valence-corrected chi connectivity index (χ1v) is 10.3. The molecule has 0 saturated carbocycles. The predicted octanol–water partition coefficient (Wildman–Crippen LogP) is 2.94. The van der Waals surface area contributed by atoms with Gasteiger partial charge in [0.05, 0.1) is 12.0 Å². The van der Waals surface area contributed by atoms with Crippen molar-refractivity contribution in [2.75, 3.05) is 19.6 Å². The molecule has 4 heterocycles. The number of carbonyl (C=O) groups excluding carboxylic acids is 1. The molecule has 1 aromatic heterocycles. The van der Waals surface area contributed by atoms with Gasteiger partial charge in [0.15, 0.2) is 0 Å². The van der Waals surface area contributed by atoms with Gasteiger partial charge in [-0.05, 0) is 68.2 Å². The van der Waals surface area contributed by atoms with Crippen LogP contribution in [0.5, 0.6) is 0 Å². The standard InChI is InChI=1S/C22H28N4O/c1-15-21(24-14-23-15)13-25-10-16-5-8-20(12-25)26(11-16)22(27)19-7-6-17-3-2-4-18(17)9-19/h6-7,9,14,16,20H,2-5,8,10-13H2,1H3,(H,23,24)/t16-,20+/m0/s1. The van der Waals surface area contributed by atoms with Gasteiger partial charge < -0.3 is 9.88 Å². The molecule has 6 rings (SSSR count). The molecule has 0 spiro atoms. The third-order valence-electron chi connectivity index (χ3n) is 6.70. The fourth-order valence-corrected chi connectivity index (χ4v) is 5.19. The van der Waals surface area contributed by atoms with Crippen molar-refractivity contribution in [2.45, 2.75) is 51.6 Å². The summed E-state index contributed by atoms with van der Waals surface area (Å²) in [5.41, 5.74) is 5.99. The van der Waals surface area contributed by atoms with Crippen LogP contribution in [0.3, 0.4) is 0 Å². The lowest BCUT2D eigenvalue weighted by Gasteiger charge is -2.36. The molecular formula is C22H28N4O. The number of nitrogens with one attached hydrogen (secondary N) is 1. The van der Waals surface area contributed by atoms with Crippen molar-refractivity contribution < 1.29 is 4.79 Å². The molecule has 27 heavy (non-hydrogen) atoms. The molecule has 142 valence electrons. The molecule has 2 aromatic rings. The van der Waals surface area contributed by atoms with Crippen molar-refractivity contribution in [3.63, 3.8) is 0 Å². The van der Waals surface area contributed by atoms with Gasteiger partial charge in [-0.15, -0.1) is 0 Å². The maximum absolute atomic E-state index is 13.3. The Kier molecular flexibility index (Phi) is 4.27. The molecule has 5 nitrogen and oxygen atoms in total. The van der Waals surface area contributed by atoms with Crippen LogP contribution in [-0.4, -0.2) is 51.4 Å². The minimum absolute atomic E-state index is 0.234. The van der Waals surface area contributed by atoms with E-state index in [9.17, 15) is 4.79 Å². The second-order valence-corrected chi connectivity index (χ2v) is 8.56. The Balaban J connectivity index is 1.34. The number of aromatic amines is 1. The number of nitrogens with zero attached hydrogens (tertiary/aromatic N) is 3.